The molecule has 0 spiro atoms. The maximum atomic E-state index is 13.0. The Morgan fingerprint density at radius 2 is 1.65 bits per heavy atom. The molecule has 0 aliphatic heterocycles. The molecular formula is C25H22ClF3N2O5S. The van der Waals surface area contributed by atoms with E-state index >= 15 is 0 Å². The van der Waals surface area contributed by atoms with Crippen molar-refractivity contribution >= 4 is 44.6 Å². The highest BCUT2D eigenvalue weighted by atomic mass is 35.5. The summed E-state index contributed by atoms with van der Waals surface area (Å²) in [4.78, 5) is 25.3. The quantitative estimate of drug-likeness (QED) is 0.319. The molecule has 3 N–H and O–H groups in total. The first-order chi connectivity index (χ1) is 17.2. The predicted molar refractivity (Wildman–Crippen MR) is 134 cm³/mol. The van der Waals surface area contributed by atoms with Gasteiger partial charge in [0.15, 0.2) is 9.84 Å². The van der Waals surface area contributed by atoms with E-state index in [4.69, 9.17) is 11.6 Å². The molecule has 196 valence electrons. The minimum Gasteiger partial charge on any atom is -0.506 e. The van der Waals surface area contributed by atoms with Gasteiger partial charge in [-0.05, 0) is 61.4 Å². The molecule has 1 unspecified atom stereocenters. The third-order valence-electron chi connectivity index (χ3n) is 5.42. The SMILES string of the molecule is CCC(C(=O)Nc1cc(O)c(NC(=O)c2ccc(C(F)(F)F)cc2)cc1Cl)S(=O)(=O)c1cccc(C)c1. The average molecular weight is 555 g/mol. The number of carbonyl (C=O) groups excluding carboxylic acids is 2. The van der Waals surface area contributed by atoms with E-state index < -0.39 is 44.4 Å². The highest BCUT2D eigenvalue weighted by molar-refractivity contribution is 7.92. The summed E-state index contributed by atoms with van der Waals surface area (Å²) in [5.41, 5.74) is -0.599. The van der Waals surface area contributed by atoms with Crippen molar-refractivity contribution in [2.75, 3.05) is 10.6 Å². The van der Waals surface area contributed by atoms with Crippen molar-refractivity contribution in [1.29, 1.82) is 0 Å². The molecule has 0 heterocycles. The highest BCUT2D eigenvalue weighted by Gasteiger charge is 2.33. The van der Waals surface area contributed by atoms with Gasteiger partial charge >= 0.3 is 6.18 Å². The van der Waals surface area contributed by atoms with Gasteiger partial charge in [-0.2, -0.15) is 13.2 Å². The van der Waals surface area contributed by atoms with E-state index in [0.29, 0.717) is 5.56 Å². The summed E-state index contributed by atoms with van der Waals surface area (Å²) < 4.78 is 64.2. The molecule has 0 aliphatic carbocycles. The molecule has 0 radical (unpaired) electrons. The van der Waals surface area contributed by atoms with E-state index in [9.17, 15) is 36.3 Å². The molecule has 3 aromatic carbocycles. The number of aryl methyl sites for hydroxylation is 1. The second kappa shape index (κ2) is 10.8. The van der Waals surface area contributed by atoms with Crippen LogP contribution < -0.4 is 10.6 Å². The zero-order valence-electron chi connectivity index (χ0n) is 19.6. The molecule has 12 heteroatoms. The first kappa shape index (κ1) is 28.0. The number of rotatable bonds is 7. The summed E-state index contributed by atoms with van der Waals surface area (Å²) >= 11 is 6.19. The second-order valence-corrected chi connectivity index (χ2v) is 10.7. The van der Waals surface area contributed by atoms with Gasteiger partial charge in [-0.3, -0.25) is 9.59 Å². The number of benzene rings is 3. The third-order valence-corrected chi connectivity index (χ3v) is 7.94. The van der Waals surface area contributed by atoms with Gasteiger partial charge < -0.3 is 15.7 Å². The number of halogens is 4. The lowest BCUT2D eigenvalue weighted by Crippen LogP contribution is -2.34. The fraction of sp³-hybridized carbons (Fsp3) is 0.200. The smallest absolute Gasteiger partial charge is 0.416 e. The summed E-state index contributed by atoms with van der Waals surface area (Å²) in [5, 5.41) is 13.5. The van der Waals surface area contributed by atoms with Gasteiger partial charge in [0.05, 0.1) is 26.9 Å². The standard InChI is InChI=1S/C25H22ClF3N2O5S/c1-3-22(37(35,36)17-6-4-5-14(2)11-17)24(34)30-19-13-21(32)20(12-18(19)26)31-23(33)15-7-9-16(10-8-15)25(27,28)29/h4-13,22,32H,3H2,1-2H3,(H,30,34)(H,31,33). The fourth-order valence-electron chi connectivity index (χ4n) is 3.48. The van der Waals surface area contributed by atoms with Crippen LogP contribution in [0.3, 0.4) is 0 Å². The summed E-state index contributed by atoms with van der Waals surface area (Å²) in [5.74, 6) is -2.20. The Kier molecular flexibility index (Phi) is 8.19. The molecule has 0 saturated heterocycles. The maximum Gasteiger partial charge on any atom is 0.416 e. The first-order valence-corrected chi connectivity index (χ1v) is 12.8. The predicted octanol–water partition coefficient (Wildman–Crippen LogP) is 5.82. The Balaban J connectivity index is 1.78. The monoisotopic (exact) mass is 554 g/mol. The van der Waals surface area contributed by atoms with Gasteiger partial charge in [0.25, 0.3) is 5.91 Å². The van der Waals surface area contributed by atoms with Crippen LogP contribution in [0.2, 0.25) is 5.02 Å². The van der Waals surface area contributed by atoms with Crippen molar-refractivity contribution in [2.45, 2.75) is 36.6 Å². The minimum absolute atomic E-state index is 0.00947. The second-order valence-electron chi connectivity index (χ2n) is 8.13. The molecule has 0 aliphatic rings. The van der Waals surface area contributed by atoms with E-state index in [0.717, 1.165) is 36.4 Å². The van der Waals surface area contributed by atoms with E-state index in [2.05, 4.69) is 10.6 Å². The molecule has 2 amide bonds. The number of aromatic hydroxyl groups is 1. The topological polar surface area (TPSA) is 113 Å². The summed E-state index contributed by atoms with van der Waals surface area (Å²) in [6.07, 6.45) is -4.59. The van der Waals surface area contributed by atoms with Crippen molar-refractivity contribution in [3.05, 3.63) is 82.4 Å². The normalized spacial score (nSPS) is 12.6. The van der Waals surface area contributed by atoms with Crippen LogP contribution in [0.25, 0.3) is 0 Å². The van der Waals surface area contributed by atoms with Gasteiger partial charge in [-0.25, -0.2) is 8.42 Å². The Morgan fingerprint density at radius 1 is 1.00 bits per heavy atom. The van der Waals surface area contributed by atoms with Gasteiger partial charge in [0.2, 0.25) is 5.91 Å². The number of carbonyl (C=O) groups is 2. The van der Waals surface area contributed by atoms with Crippen LogP contribution in [0.5, 0.6) is 5.75 Å². The number of sulfone groups is 1. The van der Waals surface area contributed by atoms with Crippen molar-refractivity contribution in [3.8, 4) is 5.75 Å². The molecule has 0 fully saturated rings. The molecule has 3 aromatic rings. The lowest BCUT2D eigenvalue weighted by Gasteiger charge is -2.18. The third kappa shape index (κ3) is 6.41. The summed E-state index contributed by atoms with van der Waals surface area (Å²) in [6, 6.07) is 11.7. The average Bonchev–Trinajstić information content (AvgIpc) is 2.82. The van der Waals surface area contributed by atoms with Crippen molar-refractivity contribution < 1.29 is 36.3 Å². The number of hydrogen-bond acceptors (Lipinski definition) is 5. The van der Waals surface area contributed by atoms with Gasteiger partial charge in [0.1, 0.15) is 11.0 Å². The molecule has 7 nitrogen and oxygen atoms in total. The first-order valence-electron chi connectivity index (χ1n) is 10.9. The summed E-state index contributed by atoms with van der Waals surface area (Å²) in [6.45, 7) is 3.26. The molecule has 1 atom stereocenters. The number of phenols is 1. The number of alkyl halides is 3. The molecule has 0 saturated carbocycles. The fourth-order valence-corrected chi connectivity index (χ4v) is 5.42. The largest absolute Gasteiger partial charge is 0.506 e. The van der Waals surface area contributed by atoms with Crippen molar-refractivity contribution in [2.24, 2.45) is 0 Å². The lowest BCUT2D eigenvalue weighted by molar-refractivity contribution is -0.137. The van der Waals surface area contributed by atoms with Crippen LogP contribution in [0.4, 0.5) is 24.5 Å². The Labute approximate surface area is 216 Å². The Bertz CT molecular complexity index is 1440. The van der Waals surface area contributed by atoms with Crippen LogP contribution in [-0.4, -0.2) is 30.6 Å². The molecule has 0 bridgehead atoms. The van der Waals surface area contributed by atoms with Crippen LogP contribution in [-0.2, 0) is 20.8 Å². The Hall–Kier alpha value is -3.57. The van der Waals surface area contributed by atoms with Crippen LogP contribution >= 0.6 is 11.6 Å². The number of phenolic OH excluding ortho intramolecular Hbond substituents is 1. The number of anilines is 2. The van der Waals surface area contributed by atoms with E-state index in [-0.39, 0.29) is 33.3 Å². The van der Waals surface area contributed by atoms with E-state index in [1.54, 1.807) is 19.1 Å². The number of nitrogens with one attached hydrogen (secondary N) is 2. The molecular weight excluding hydrogens is 533 g/mol. The number of amides is 2. The van der Waals surface area contributed by atoms with Crippen LogP contribution in [0.1, 0.15) is 34.8 Å². The molecule has 3 rings (SSSR count). The van der Waals surface area contributed by atoms with E-state index in [1.165, 1.54) is 19.1 Å². The van der Waals surface area contributed by atoms with Crippen LogP contribution in [0, 0.1) is 6.92 Å². The van der Waals surface area contributed by atoms with Crippen molar-refractivity contribution in [1.82, 2.24) is 0 Å². The summed E-state index contributed by atoms with van der Waals surface area (Å²) in [7, 11) is -4.03. The zero-order valence-corrected chi connectivity index (χ0v) is 21.1. The van der Waals surface area contributed by atoms with Crippen LogP contribution in [0.15, 0.2) is 65.6 Å². The Morgan fingerprint density at radius 3 is 2.22 bits per heavy atom. The highest BCUT2D eigenvalue weighted by Crippen LogP contribution is 2.35. The van der Waals surface area contributed by atoms with Gasteiger partial charge in [-0.1, -0.05) is 30.7 Å². The van der Waals surface area contributed by atoms with Crippen molar-refractivity contribution in [3.63, 3.8) is 0 Å². The molecule has 37 heavy (non-hydrogen) atoms. The molecule has 0 aromatic heterocycles. The lowest BCUT2D eigenvalue weighted by atomic mass is 10.1. The zero-order chi connectivity index (χ0) is 27.5. The number of hydrogen-bond donors (Lipinski definition) is 3. The van der Waals surface area contributed by atoms with Gasteiger partial charge in [-0.15, -0.1) is 0 Å². The van der Waals surface area contributed by atoms with E-state index in [1.807, 2.05) is 0 Å². The maximum absolute atomic E-state index is 13.0. The minimum atomic E-state index is -4.56. The van der Waals surface area contributed by atoms with Gasteiger partial charge in [0, 0.05) is 11.6 Å².